The fourth-order valence-electron chi connectivity index (χ4n) is 4.23. The summed E-state index contributed by atoms with van der Waals surface area (Å²) in [5.74, 6) is -0.218. The number of halogens is 1. The molecule has 2 amide bonds. The van der Waals surface area contributed by atoms with Crippen molar-refractivity contribution in [2.45, 2.75) is 45.2 Å². The predicted octanol–water partition coefficient (Wildman–Crippen LogP) is 4.17. The number of thiazole rings is 1. The van der Waals surface area contributed by atoms with Gasteiger partial charge in [0, 0.05) is 41.6 Å². The smallest absolute Gasteiger partial charge is 0.231 e. The number of aromatic nitrogens is 1. The number of rotatable bonds is 6. The average molecular weight is 463 g/mol. The van der Waals surface area contributed by atoms with Gasteiger partial charge in [-0.2, -0.15) is 0 Å². The standard InChI is InChI=1S/C22H27ClN4O3S/c1-14-5-3-4-8-26(14)13-17-11-24-22(31-17)25-21(29)15-9-20(28)27(12-15)18-10-16(23)6-7-19(18)30-2/h6-7,10-11,14-15H,3-5,8-9,12-13H2,1-2H3,(H,24,25,29). The van der Waals surface area contributed by atoms with Gasteiger partial charge in [-0.3, -0.25) is 14.5 Å². The molecule has 0 aliphatic carbocycles. The topological polar surface area (TPSA) is 74.8 Å². The van der Waals surface area contributed by atoms with Gasteiger partial charge < -0.3 is 15.0 Å². The first-order valence-electron chi connectivity index (χ1n) is 10.6. The van der Waals surface area contributed by atoms with E-state index < -0.39 is 5.92 Å². The number of piperidine rings is 1. The molecule has 9 heteroatoms. The molecule has 2 unspecified atom stereocenters. The third kappa shape index (κ3) is 5.02. The van der Waals surface area contributed by atoms with Crippen molar-refractivity contribution < 1.29 is 14.3 Å². The molecule has 2 aliphatic heterocycles. The van der Waals surface area contributed by atoms with Gasteiger partial charge in [-0.05, 0) is 44.5 Å². The zero-order valence-corrected chi connectivity index (χ0v) is 19.3. The lowest BCUT2D eigenvalue weighted by Gasteiger charge is -2.32. The summed E-state index contributed by atoms with van der Waals surface area (Å²) in [5, 5.41) is 3.99. The fourth-order valence-corrected chi connectivity index (χ4v) is 5.24. The molecule has 2 atom stereocenters. The summed E-state index contributed by atoms with van der Waals surface area (Å²) in [7, 11) is 1.54. The van der Waals surface area contributed by atoms with Gasteiger partial charge in [-0.15, -0.1) is 11.3 Å². The van der Waals surface area contributed by atoms with E-state index in [1.807, 2.05) is 6.20 Å². The van der Waals surface area contributed by atoms with Crippen molar-refractivity contribution in [2.24, 2.45) is 5.92 Å². The molecule has 4 rings (SSSR count). The number of anilines is 2. The average Bonchev–Trinajstić information content (AvgIpc) is 3.36. The molecule has 1 N–H and O–H groups in total. The molecule has 3 heterocycles. The number of carbonyl (C=O) groups excluding carboxylic acids is 2. The Bertz CT molecular complexity index is 966. The Morgan fingerprint density at radius 1 is 1.39 bits per heavy atom. The number of hydrogen-bond acceptors (Lipinski definition) is 6. The molecule has 2 fully saturated rings. The number of likely N-dealkylation sites (tertiary alicyclic amines) is 1. The van der Waals surface area contributed by atoms with E-state index in [1.54, 1.807) is 30.2 Å². The first-order valence-corrected chi connectivity index (χ1v) is 11.8. The fraction of sp³-hybridized carbons (Fsp3) is 0.500. The second-order valence-electron chi connectivity index (χ2n) is 8.16. The zero-order chi connectivity index (χ0) is 22.0. The molecule has 2 aliphatic rings. The minimum Gasteiger partial charge on any atom is -0.495 e. The normalized spacial score (nSPS) is 22.0. The van der Waals surface area contributed by atoms with Crippen LogP contribution < -0.4 is 15.0 Å². The van der Waals surface area contributed by atoms with Crippen LogP contribution in [0.4, 0.5) is 10.8 Å². The van der Waals surface area contributed by atoms with E-state index in [1.165, 1.54) is 30.6 Å². The third-order valence-electron chi connectivity index (χ3n) is 6.01. The largest absolute Gasteiger partial charge is 0.495 e. The first kappa shape index (κ1) is 22.0. The number of ether oxygens (including phenoxy) is 1. The molecule has 0 bridgehead atoms. The van der Waals surface area contributed by atoms with Crippen LogP contribution in [0, 0.1) is 5.92 Å². The Morgan fingerprint density at radius 2 is 2.23 bits per heavy atom. The van der Waals surface area contributed by atoms with E-state index in [9.17, 15) is 9.59 Å². The second-order valence-corrected chi connectivity index (χ2v) is 9.71. The summed E-state index contributed by atoms with van der Waals surface area (Å²) in [5.41, 5.74) is 0.586. The molecular formula is C22H27ClN4O3S. The van der Waals surface area contributed by atoms with Gasteiger partial charge in [0.1, 0.15) is 5.75 Å². The van der Waals surface area contributed by atoms with Crippen molar-refractivity contribution in [3.05, 3.63) is 34.3 Å². The van der Waals surface area contributed by atoms with E-state index in [4.69, 9.17) is 16.3 Å². The van der Waals surface area contributed by atoms with Crippen molar-refractivity contribution >= 4 is 45.6 Å². The van der Waals surface area contributed by atoms with Crippen LogP contribution >= 0.6 is 22.9 Å². The van der Waals surface area contributed by atoms with Crippen molar-refractivity contribution in [3.8, 4) is 5.75 Å². The van der Waals surface area contributed by atoms with Crippen LogP contribution in [-0.2, 0) is 16.1 Å². The molecule has 2 aromatic rings. The van der Waals surface area contributed by atoms with Crippen LogP contribution in [0.25, 0.3) is 0 Å². The summed E-state index contributed by atoms with van der Waals surface area (Å²) in [6, 6.07) is 5.69. The quantitative estimate of drug-likeness (QED) is 0.697. The highest BCUT2D eigenvalue weighted by Gasteiger charge is 2.36. The highest BCUT2D eigenvalue weighted by molar-refractivity contribution is 7.15. The molecule has 166 valence electrons. The van der Waals surface area contributed by atoms with Gasteiger partial charge >= 0.3 is 0 Å². The lowest BCUT2D eigenvalue weighted by molar-refractivity contribution is -0.122. The molecule has 31 heavy (non-hydrogen) atoms. The number of amides is 2. The molecule has 1 aromatic carbocycles. The molecule has 0 spiro atoms. The summed E-state index contributed by atoms with van der Waals surface area (Å²) in [6.07, 6.45) is 5.73. The number of nitrogens with one attached hydrogen (secondary N) is 1. The molecule has 7 nitrogen and oxygen atoms in total. The van der Waals surface area contributed by atoms with Gasteiger partial charge in [-0.1, -0.05) is 18.0 Å². The Labute approximate surface area is 191 Å². The van der Waals surface area contributed by atoms with E-state index in [0.29, 0.717) is 27.6 Å². The predicted molar refractivity (Wildman–Crippen MR) is 123 cm³/mol. The van der Waals surface area contributed by atoms with Crippen LogP contribution in [-0.4, -0.2) is 47.9 Å². The van der Waals surface area contributed by atoms with Gasteiger partial charge in [0.25, 0.3) is 0 Å². The van der Waals surface area contributed by atoms with Gasteiger partial charge in [0.15, 0.2) is 5.13 Å². The maximum Gasteiger partial charge on any atom is 0.231 e. The van der Waals surface area contributed by atoms with E-state index in [0.717, 1.165) is 18.0 Å². The minimum absolute atomic E-state index is 0.125. The molecule has 0 radical (unpaired) electrons. The summed E-state index contributed by atoms with van der Waals surface area (Å²) >= 11 is 7.61. The Hall–Kier alpha value is -2.16. The number of hydrogen-bond donors (Lipinski definition) is 1. The van der Waals surface area contributed by atoms with Crippen molar-refractivity contribution in [1.29, 1.82) is 0 Å². The van der Waals surface area contributed by atoms with Crippen LogP contribution in [0.1, 0.15) is 37.5 Å². The molecule has 1 aromatic heterocycles. The second kappa shape index (κ2) is 9.54. The van der Waals surface area contributed by atoms with Gasteiger partial charge in [0.05, 0.1) is 18.7 Å². The maximum atomic E-state index is 12.8. The lowest BCUT2D eigenvalue weighted by Crippen LogP contribution is -2.36. The number of benzene rings is 1. The summed E-state index contributed by atoms with van der Waals surface area (Å²) < 4.78 is 5.36. The van der Waals surface area contributed by atoms with Crippen LogP contribution in [0.5, 0.6) is 5.75 Å². The van der Waals surface area contributed by atoms with Crippen molar-refractivity contribution in [3.63, 3.8) is 0 Å². The van der Waals surface area contributed by atoms with E-state index >= 15 is 0 Å². The summed E-state index contributed by atoms with van der Waals surface area (Å²) in [6.45, 7) is 4.51. The number of nitrogens with zero attached hydrogens (tertiary/aromatic N) is 3. The Balaban J connectivity index is 1.38. The van der Waals surface area contributed by atoms with E-state index in [2.05, 4.69) is 22.1 Å². The maximum absolute atomic E-state index is 12.8. The monoisotopic (exact) mass is 462 g/mol. The van der Waals surface area contributed by atoms with Gasteiger partial charge in [-0.25, -0.2) is 4.98 Å². The SMILES string of the molecule is COc1ccc(Cl)cc1N1CC(C(=O)Nc2ncc(CN3CCCCC3C)s2)CC1=O. The first-order chi connectivity index (χ1) is 14.9. The summed E-state index contributed by atoms with van der Waals surface area (Å²) in [4.78, 5) is 35.0. The highest BCUT2D eigenvalue weighted by atomic mass is 35.5. The lowest BCUT2D eigenvalue weighted by atomic mass is 10.0. The Kier molecular flexibility index (Phi) is 6.79. The number of methoxy groups -OCH3 is 1. The van der Waals surface area contributed by atoms with Crippen molar-refractivity contribution in [2.75, 3.05) is 30.4 Å². The molecule has 0 saturated carbocycles. The van der Waals surface area contributed by atoms with Crippen LogP contribution in [0.15, 0.2) is 24.4 Å². The van der Waals surface area contributed by atoms with Crippen LogP contribution in [0.2, 0.25) is 5.02 Å². The number of carbonyl (C=O) groups is 2. The van der Waals surface area contributed by atoms with Gasteiger partial charge in [0.2, 0.25) is 11.8 Å². The zero-order valence-electron chi connectivity index (χ0n) is 17.8. The highest BCUT2D eigenvalue weighted by Crippen LogP contribution is 2.35. The Morgan fingerprint density at radius 3 is 3.00 bits per heavy atom. The van der Waals surface area contributed by atoms with E-state index in [-0.39, 0.29) is 24.8 Å². The minimum atomic E-state index is -0.453. The molecule has 2 saturated heterocycles. The third-order valence-corrected chi connectivity index (χ3v) is 7.14. The van der Waals surface area contributed by atoms with Crippen molar-refractivity contribution in [1.82, 2.24) is 9.88 Å². The molecular weight excluding hydrogens is 436 g/mol. The van der Waals surface area contributed by atoms with Crippen LogP contribution in [0.3, 0.4) is 0 Å².